The van der Waals surface area contributed by atoms with E-state index in [0.29, 0.717) is 6.61 Å². The molecule has 2 aromatic carbocycles. The summed E-state index contributed by atoms with van der Waals surface area (Å²) in [6.45, 7) is 27.8. The highest BCUT2D eigenvalue weighted by atomic mass is 32.2. The number of carbonyl (C=O) groups excluding carboxylic acids is 1. The molecule has 300 valence electrons. The fourth-order valence-corrected chi connectivity index (χ4v) is 9.27. The van der Waals surface area contributed by atoms with Crippen molar-refractivity contribution >= 4 is 34.5 Å². The number of rotatable bonds is 24. The predicted molar refractivity (Wildman–Crippen MR) is 235 cm³/mol. The van der Waals surface area contributed by atoms with Crippen LogP contribution in [-0.2, 0) is 20.2 Å². The first kappa shape index (κ1) is 47.3. The molecule has 0 saturated heterocycles. The lowest BCUT2D eigenvalue weighted by Gasteiger charge is -2.45. The number of alkyl carbamates (subject to hydrolysis) is 1. The number of unbranched alkanes of at least 4 members (excludes halogenated alkanes) is 9. The summed E-state index contributed by atoms with van der Waals surface area (Å²) in [7, 11) is -4.47. The summed E-state index contributed by atoms with van der Waals surface area (Å²) in [5.74, 6) is 0. The minimum atomic E-state index is -2.31. The van der Waals surface area contributed by atoms with Crippen LogP contribution in [0.1, 0.15) is 130 Å². The largest absolute Gasteiger partial charge is 0.445 e. The third kappa shape index (κ3) is 18.1. The number of nitrogens with one attached hydrogen (secondary N) is 1. The number of allylic oxidation sites excluding steroid dienone is 2. The zero-order chi connectivity index (χ0) is 39.5. The van der Waals surface area contributed by atoms with Gasteiger partial charge in [0, 0.05) is 10.1 Å². The van der Waals surface area contributed by atoms with E-state index < -0.39 is 28.8 Å². The van der Waals surface area contributed by atoms with E-state index in [1.54, 1.807) is 0 Å². The van der Waals surface area contributed by atoms with Gasteiger partial charge in [0.1, 0.15) is 6.61 Å². The lowest BCUT2D eigenvalue weighted by atomic mass is 10.0. The summed E-state index contributed by atoms with van der Waals surface area (Å²) in [4.78, 5) is 14.9. The standard InChI is InChI=1S/C45H77NO4SSi2/c1-13-14-15-16-17-18-19-20-21-22-23-27-30-41(51-39-33-31-37(2)32-34-39)42(50-53(11,12)45(6,7)8)40(36-49-52(9,10)44(3,4)5)46-43(47)48-35-38-28-25-24-26-29-38/h23-29,31-34,40-42H,13-22,30,35-36H2,1-12H3,(H,46,47)/b27-23+/t40-,41?,42+/m1/s1. The Kier molecular flexibility index (Phi) is 20.8. The van der Waals surface area contributed by atoms with Gasteiger partial charge in [-0.25, -0.2) is 4.79 Å². The summed E-state index contributed by atoms with van der Waals surface area (Å²) in [6, 6.07) is 18.2. The number of hydrogen-bond donors (Lipinski definition) is 1. The topological polar surface area (TPSA) is 56.8 Å². The van der Waals surface area contributed by atoms with Crippen LogP contribution in [0.3, 0.4) is 0 Å². The van der Waals surface area contributed by atoms with Crippen molar-refractivity contribution in [2.24, 2.45) is 0 Å². The molecule has 0 aromatic heterocycles. The highest BCUT2D eigenvalue weighted by Gasteiger charge is 2.45. The van der Waals surface area contributed by atoms with Gasteiger partial charge in [0.15, 0.2) is 16.6 Å². The lowest BCUT2D eigenvalue weighted by Crippen LogP contribution is -2.58. The molecule has 53 heavy (non-hydrogen) atoms. The summed E-state index contributed by atoms with van der Waals surface area (Å²) >= 11 is 1.85. The third-order valence-corrected chi connectivity index (χ3v) is 21.5. The Morgan fingerprint density at radius 3 is 1.91 bits per heavy atom. The molecular weight excluding hydrogens is 707 g/mol. The molecular formula is C45H77NO4SSi2. The van der Waals surface area contributed by atoms with Gasteiger partial charge >= 0.3 is 6.09 Å². The van der Waals surface area contributed by atoms with Gasteiger partial charge in [0.05, 0.1) is 18.8 Å². The van der Waals surface area contributed by atoms with Gasteiger partial charge in [-0.1, -0.05) is 160 Å². The summed E-state index contributed by atoms with van der Waals surface area (Å²) in [5.41, 5.74) is 2.19. The Balaban J connectivity index is 2.41. The fourth-order valence-electron chi connectivity index (χ4n) is 5.55. The van der Waals surface area contributed by atoms with Gasteiger partial charge in [-0.15, -0.1) is 11.8 Å². The van der Waals surface area contributed by atoms with Crippen molar-refractivity contribution < 1.29 is 18.4 Å². The number of amides is 1. The van der Waals surface area contributed by atoms with Crippen molar-refractivity contribution in [2.45, 2.75) is 191 Å². The van der Waals surface area contributed by atoms with E-state index in [9.17, 15) is 4.79 Å². The quantitative estimate of drug-likeness (QED) is 0.0497. The molecule has 3 atom stereocenters. The highest BCUT2D eigenvalue weighted by molar-refractivity contribution is 8.00. The minimum Gasteiger partial charge on any atom is -0.445 e. The van der Waals surface area contributed by atoms with Gasteiger partial charge in [-0.3, -0.25) is 0 Å². The Morgan fingerprint density at radius 1 is 0.774 bits per heavy atom. The number of thioether (sulfide) groups is 1. The smallest absolute Gasteiger partial charge is 0.407 e. The van der Waals surface area contributed by atoms with E-state index in [4.69, 9.17) is 13.6 Å². The van der Waals surface area contributed by atoms with E-state index in [0.717, 1.165) is 18.4 Å². The molecule has 0 fully saturated rings. The molecule has 0 aliphatic rings. The van der Waals surface area contributed by atoms with Crippen molar-refractivity contribution in [1.29, 1.82) is 0 Å². The number of aryl methyl sites for hydroxylation is 1. The summed E-state index contributed by atoms with van der Waals surface area (Å²) < 4.78 is 20.2. The van der Waals surface area contributed by atoms with Gasteiger partial charge in [0.2, 0.25) is 0 Å². The number of carbonyl (C=O) groups is 1. The van der Waals surface area contributed by atoms with Crippen molar-refractivity contribution in [3.63, 3.8) is 0 Å². The van der Waals surface area contributed by atoms with Gasteiger partial charge in [0.25, 0.3) is 0 Å². The monoisotopic (exact) mass is 784 g/mol. The minimum absolute atomic E-state index is 0.0190. The Hall–Kier alpha value is -1.85. The van der Waals surface area contributed by atoms with Gasteiger partial charge in [-0.05, 0) is 80.1 Å². The van der Waals surface area contributed by atoms with Crippen LogP contribution < -0.4 is 5.32 Å². The molecule has 0 spiro atoms. The molecule has 0 saturated carbocycles. The number of hydrogen-bond acceptors (Lipinski definition) is 5. The van der Waals surface area contributed by atoms with E-state index in [2.05, 4.69) is 123 Å². The third-order valence-electron chi connectivity index (χ3n) is 11.3. The van der Waals surface area contributed by atoms with Crippen molar-refractivity contribution in [1.82, 2.24) is 5.32 Å². The molecule has 1 N–H and O–H groups in total. The SMILES string of the molecule is CCCCCCCCCCC/C=C/CC(Sc1ccc(C)cc1)[C@@H](O[Si](C)(C)C(C)(C)C)[C@@H](CO[Si](C)(C)C(C)(C)C)NC(=O)OCc1ccccc1. The molecule has 1 amide bonds. The molecule has 0 heterocycles. The summed E-state index contributed by atoms with van der Waals surface area (Å²) in [6.07, 6.45) is 17.9. The van der Waals surface area contributed by atoms with E-state index in [1.807, 2.05) is 42.1 Å². The second kappa shape index (κ2) is 23.3. The van der Waals surface area contributed by atoms with Crippen molar-refractivity contribution in [2.75, 3.05) is 6.61 Å². The van der Waals surface area contributed by atoms with Crippen LogP contribution in [0.2, 0.25) is 36.3 Å². The maximum Gasteiger partial charge on any atom is 0.407 e. The average molecular weight is 784 g/mol. The molecule has 0 aliphatic carbocycles. The second-order valence-electron chi connectivity index (χ2n) is 18.0. The zero-order valence-corrected chi connectivity index (χ0v) is 38.6. The molecule has 0 bridgehead atoms. The van der Waals surface area contributed by atoms with Crippen LogP contribution in [0.25, 0.3) is 0 Å². The first-order chi connectivity index (χ1) is 24.9. The van der Waals surface area contributed by atoms with Crippen LogP contribution in [0.4, 0.5) is 4.79 Å². The molecule has 0 aliphatic heterocycles. The van der Waals surface area contributed by atoms with Gasteiger partial charge < -0.3 is 18.9 Å². The molecule has 8 heteroatoms. The lowest BCUT2D eigenvalue weighted by molar-refractivity contribution is 0.0829. The van der Waals surface area contributed by atoms with Crippen LogP contribution in [0.15, 0.2) is 71.6 Å². The van der Waals surface area contributed by atoms with E-state index in [1.165, 1.54) is 68.2 Å². The van der Waals surface area contributed by atoms with Crippen LogP contribution in [-0.4, -0.2) is 46.7 Å². The van der Waals surface area contributed by atoms with E-state index in [-0.39, 0.29) is 28.0 Å². The average Bonchev–Trinajstić information content (AvgIpc) is 3.08. The first-order valence-electron chi connectivity index (χ1n) is 20.5. The zero-order valence-electron chi connectivity index (χ0n) is 35.8. The molecule has 0 radical (unpaired) electrons. The predicted octanol–water partition coefficient (Wildman–Crippen LogP) is 14.0. The van der Waals surface area contributed by atoms with Crippen LogP contribution in [0, 0.1) is 6.92 Å². The van der Waals surface area contributed by atoms with Crippen molar-refractivity contribution in [3.8, 4) is 0 Å². The maximum atomic E-state index is 13.7. The Bertz CT molecular complexity index is 1320. The first-order valence-corrected chi connectivity index (χ1v) is 27.2. The highest BCUT2D eigenvalue weighted by Crippen LogP contribution is 2.41. The Labute approximate surface area is 332 Å². The normalized spacial score (nSPS) is 14.6. The number of ether oxygens (including phenoxy) is 1. The molecule has 1 unspecified atom stereocenters. The van der Waals surface area contributed by atoms with E-state index >= 15 is 0 Å². The van der Waals surface area contributed by atoms with Crippen molar-refractivity contribution in [3.05, 3.63) is 77.9 Å². The van der Waals surface area contributed by atoms with Crippen LogP contribution in [0.5, 0.6) is 0 Å². The fraction of sp³-hybridized carbons (Fsp3) is 0.667. The Morgan fingerprint density at radius 2 is 1.34 bits per heavy atom. The summed E-state index contributed by atoms with van der Waals surface area (Å²) in [5, 5.41) is 3.34. The molecule has 2 rings (SSSR count). The number of benzene rings is 2. The second-order valence-corrected chi connectivity index (χ2v) is 28.9. The van der Waals surface area contributed by atoms with Gasteiger partial charge in [-0.2, -0.15) is 0 Å². The molecule has 5 nitrogen and oxygen atoms in total. The van der Waals surface area contributed by atoms with Crippen LogP contribution >= 0.6 is 11.8 Å². The maximum absolute atomic E-state index is 13.7. The molecule has 2 aromatic rings.